The van der Waals surface area contributed by atoms with E-state index in [1.165, 1.54) is 25.7 Å². The summed E-state index contributed by atoms with van der Waals surface area (Å²) in [7, 11) is 0. The van der Waals surface area contributed by atoms with Crippen molar-refractivity contribution >= 4 is 0 Å². The van der Waals surface area contributed by atoms with Crippen LogP contribution in [0.1, 0.15) is 37.2 Å². The van der Waals surface area contributed by atoms with E-state index in [1.54, 1.807) is 5.56 Å². The molecule has 3 heteroatoms. The number of hydrogen-bond donors (Lipinski definition) is 0. The smallest absolute Gasteiger partial charge is 1.00 e. The molecule has 1 aliphatic carbocycles. The molecule has 0 nitrogen and oxygen atoms in total. The maximum atomic E-state index is 2.26. The fourth-order valence-corrected chi connectivity index (χ4v) is 1.92. The van der Waals surface area contributed by atoms with E-state index in [9.17, 15) is 0 Å². The van der Waals surface area contributed by atoms with Crippen molar-refractivity contribution in [1.82, 2.24) is 0 Å². The van der Waals surface area contributed by atoms with Crippen molar-refractivity contribution in [2.75, 3.05) is 0 Å². The topological polar surface area (TPSA) is 0 Å². The van der Waals surface area contributed by atoms with Crippen molar-refractivity contribution in [2.24, 2.45) is 0 Å². The van der Waals surface area contributed by atoms with E-state index in [1.807, 2.05) is 0 Å². The molecule has 1 saturated carbocycles. The van der Waals surface area contributed by atoms with Gasteiger partial charge in [-0.25, -0.2) is 12.1 Å². The molecular weight excluding hydrogens is 282 g/mol. The monoisotopic (exact) mass is 293 g/mol. The number of hydrogen-bond acceptors (Lipinski definition) is 0. The molecule has 0 N–H and O–H groups in total. The summed E-state index contributed by atoms with van der Waals surface area (Å²) in [5.41, 5.74) is 1.57. The van der Waals surface area contributed by atoms with Gasteiger partial charge in [0.05, 0.1) is 0 Å². The second kappa shape index (κ2) is 8.15. The molecular formula is C10H13Cl2Zr. The van der Waals surface area contributed by atoms with Gasteiger partial charge >= 0.3 is 26.2 Å². The van der Waals surface area contributed by atoms with Crippen LogP contribution in [-0.2, 0) is 26.2 Å². The SMILES string of the molecule is [Cl-].[Cl-].[Zr+3].c1cc[c-](C2CCCC2)c1. The van der Waals surface area contributed by atoms with Crippen LogP contribution in [0.5, 0.6) is 0 Å². The number of rotatable bonds is 1. The van der Waals surface area contributed by atoms with Gasteiger partial charge in [-0.2, -0.15) is 17.7 Å². The van der Waals surface area contributed by atoms with Crippen molar-refractivity contribution in [3.8, 4) is 0 Å². The zero-order valence-electron chi connectivity index (χ0n) is 7.47. The van der Waals surface area contributed by atoms with Crippen LogP contribution >= 0.6 is 0 Å². The number of halogens is 2. The van der Waals surface area contributed by atoms with E-state index in [-0.39, 0.29) is 51.0 Å². The molecule has 0 amide bonds. The van der Waals surface area contributed by atoms with Gasteiger partial charge in [0, 0.05) is 0 Å². The second-order valence-corrected chi connectivity index (χ2v) is 3.20. The largest absolute Gasteiger partial charge is 3.00 e. The molecule has 0 aliphatic heterocycles. The molecule has 2 rings (SSSR count). The van der Waals surface area contributed by atoms with Crippen LogP contribution in [0.25, 0.3) is 0 Å². The Hall–Kier alpha value is 0.813. The second-order valence-electron chi connectivity index (χ2n) is 3.20. The van der Waals surface area contributed by atoms with Crippen LogP contribution in [0.2, 0.25) is 0 Å². The van der Waals surface area contributed by atoms with Crippen LogP contribution in [-0.4, -0.2) is 0 Å². The molecule has 0 saturated heterocycles. The van der Waals surface area contributed by atoms with Crippen molar-refractivity contribution in [2.45, 2.75) is 31.6 Å². The maximum Gasteiger partial charge on any atom is 3.00 e. The quantitative estimate of drug-likeness (QED) is 0.487. The summed E-state index contributed by atoms with van der Waals surface area (Å²) in [4.78, 5) is 0. The molecule has 1 aromatic carbocycles. The van der Waals surface area contributed by atoms with E-state index in [0.717, 1.165) is 5.92 Å². The Labute approximate surface area is 112 Å². The third-order valence-corrected chi connectivity index (χ3v) is 2.52. The van der Waals surface area contributed by atoms with Crippen LogP contribution in [0.15, 0.2) is 24.3 Å². The first-order valence-corrected chi connectivity index (χ1v) is 4.18. The Morgan fingerprint density at radius 3 is 1.85 bits per heavy atom. The van der Waals surface area contributed by atoms with Gasteiger partial charge in [0.15, 0.2) is 0 Å². The predicted molar refractivity (Wildman–Crippen MR) is 43.2 cm³/mol. The van der Waals surface area contributed by atoms with Gasteiger partial charge in [-0.1, -0.05) is 31.6 Å². The molecule has 13 heavy (non-hydrogen) atoms. The van der Waals surface area contributed by atoms with E-state index in [4.69, 9.17) is 0 Å². The van der Waals surface area contributed by atoms with Gasteiger partial charge in [0.2, 0.25) is 0 Å². The Morgan fingerprint density at radius 1 is 0.923 bits per heavy atom. The maximum absolute atomic E-state index is 2.26. The molecule has 1 aliphatic rings. The zero-order chi connectivity index (χ0) is 6.81. The minimum atomic E-state index is 0. The van der Waals surface area contributed by atoms with E-state index >= 15 is 0 Å². The third-order valence-electron chi connectivity index (χ3n) is 2.52. The third kappa shape index (κ3) is 4.23. The van der Waals surface area contributed by atoms with E-state index < -0.39 is 0 Å². The Kier molecular flexibility index (Phi) is 10.2. The van der Waals surface area contributed by atoms with Crippen LogP contribution in [0, 0.1) is 0 Å². The van der Waals surface area contributed by atoms with Gasteiger partial charge in [0.1, 0.15) is 0 Å². The van der Waals surface area contributed by atoms with Gasteiger partial charge in [-0.15, -0.1) is 0 Å². The molecule has 0 aromatic heterocycles. The van der Waals surface area contributed by atoms with Crippen molar-refractivity contribution in [3.63, 3.8) is 0 Å². The van der Waals surface area contributed by atoms with Crippen molar-refractivity contribution < 1.29 is 51.0 Å². The van der Waals surface area contributed by atoms with E-state index in [0.29, 0.717) is 0 Å². The molecule has 0 spiro atoms. The summed E-state index contributed by atoms with van der Waals surface area (Å²) in [6, 6.07) is 8.81. The fraction of sp³-hybridized carbons (Fsp3) is 0.500. The normalized spacial score (nSPS) is 15.4. The fourth-order valence-electron chi connectivity index (χ4n) is 1.92. The Bertz CT molecular complexity index is 191. The standard InChI is InChI=1S/C10H13.2ClH.Zr/c1-2-6-9(5-1)10-7-3-4-8-10;;;/h1-2,5-6,10H,3-4,7-8H2;2*1H;/q-1;;;+3/p-2. The van der Waals surface area contributed by atoms with Crippen LogP contribution < -0.4 is 24.8 Å². The van der Waals surface area contributed by atoms with Gasteiger partial charge in [-0.05, 0) is 0 Å². The summed E-state index contributed by atoms with van der Waals surface area (Å²) in [5.74, 6) is 0.898. The van der Waals surface area contributed by atoms with Crippen molar-refractivity contribution in [3.05, 3.63) is 29.8 Å². The molecule has 0 heterocycles. The summed E-state index contributed by atoms with van der Waals surface area (Å²) in [6.07, 6.45) is 5.72. The molecule has 1 fully saturated rings. The summed E-state index contributed by atoms with van der Waals surface area (Å²) in [6.45, 7) is 0. The average molecular weight is 295 g/mol. The Balaban J connectivity index is 0. The summed E-state index contributed by atoms with van der Waals surface area (Å²) in [5, 5.41) is 0. The molecule has 0 unspecified atom stereocenters. The van der Waals surface area contributed by atoms with Crippen LogP contribution in [0.4, 0.5) is 0 Å². The first kappa shape index (κ1) is 16.3. The summed E-state index contributed by atoms with van der Waals surface area (Å²) < 4.78 is 0. The first-order valence-electron chi connectivity index (χ1n) is 4.18. The van der Waals surface area contributed by atoms with Crippen molar-refractivity contribution in [1.29, 1.82) is 0 Å². The van der Waals surface area contributed by atoms with Gasteiger partial charge in [0.25, 0.3) is 0 Å². The molecule has 71 valence electrons. The molecule has 1 radical (unpaired) electrons. The minimum absolute atomic E-state index is 0. The minimum Gasteiger partial charge on any atom is -1.00 e. The summed E-state index contributed by atoms with van der Waals surface area (Å²) >= 11 is 0. The predicted octanol–water partition coefficient (Wildman–Crippen LogP) is -2.93. The van der Waals surface area contributed by atoms with Crippen LogP contribution in [0.3, 0.4) is 0 Å². The average Bonchev–Trinajstić information content (AvgIpc) is 2.59. The molecule has 0 bridgehead atoms. The molecule has 0 atom stereocenters. The molecule has 1 aromatic rings. The zero-order valence-corrected chi connectivity index (χ0v) is 11.4. The first-order chi connectivity index (χ1) is 4.97. The Morgan fingerprint density at radius 2 is 1.38 bits per heavy atom. The van der Waals surface area contributed by atoms with Gasteiger partial charge in [-0.3, -0.25) is 0 Å². The van der Waals surface area contributed by atoms with E-state index in [2.05, 4.69) is 24.3 Å². The van der Waals surface area contributed by atoms with Gasteiger partial charge < -0.3 is 24.8 Å².